The second kappa shape index (κ2) is 14.7. The van der Waals surface area contributed by atoms with Gasteiger partial charge in [0.1, 0.15) is 17.3 Å². The fourth-order valence-corrected chi connectivity index (χ4v) is 6.78. The van der Waals surface area contributed by atoms with Crippen LogP contribution >= 0.6 is 34.7 Å². The average Bonchev–Trinajstić information content (AvgIpc) is 3.61. The second-order valence-electron chi connectivity index (χ2n) is 10.0. The van der Waals surface area contributed by atoms with E-state index in [0.717, 1.165) is 24.8 Å². The zero-order chi connectivity index (χ0) is 31.1. The molecule has 8 nitrogen and oxygen atoms in total. The Morgan fingerprint density at radius 2 is 1.61 bits per heavy atom. The number of carbonyl (C=O) groups is 2. The van der Waals surface area contributed by atoms with Crippen molar-refractivity contribution in [1.82, 2.24) is 10.2 Å². The molecule has 0 bridgehead atoms. The first-order valence-electron chi connectivity index (χ1n) is 14.4. The summed E-state index contributed by atoms with van der Waals surface area (Å²) < 4.78 is 12.1. The lowest BCUT2D eigenvalue weighted by Gasteiger charge is -2.22. The number of amides is 1. The number of unbranched alkanes of at least 4 members (excludes halogenated alkanes) is 1. The number of ether oxygens (including phenoxy) is 2. The number of anilines is 1. The minimum Gasteiger partial charge on any atom is -0.507 e. The van der Waals surface area contributed by atoms with Crippen LogP contribution in [0.25, 0.3) is 5.76 Å². The van der Waals surface area contributed by atoms with Gasteiger partial charge in [-0.1, -0.05) is 85.3 Å². The maximum Gasteiger partial charge on any atom is 0.301 e. The highest BCUT2D eigenvalue weighted by atomic mass is 35.5. The van der Waals surface area contributed by atoms with Crippen LogP contribution in [-0.2, 0) is 15.3 Å². The van der Waals surface area contributed by atoms with Gasteiger partial charge in [-0.15, -0.1) is 10.2 Å². The van der Waals surface area contributed by atoms with Gasteiger partial charge in [-0.05, 0) is 66.4 Å². The summed E-state index contributed by atoms with van der Waals surface area (Å²) in [6, 6.07) is 20.6. The lowest BCUT2D eigenvalue weighted by Crippen LogP contribution is -2.29. The fraction of sp³-hybridized carbons (Fsp3) is 0.273. The van der Waals surface area contributed by atoms with Crippen molar-refractivity contribution in [3.8, 4) is 11.5 Å². The van der Waals surface area contributed by atoms with E-state index >= 15 is 0 Å². The van der Waals surface area contributed by atoms with Crippen LogP contribution in [0.15, 0.2) is 82.7 Å². The predicted octanol–water partition coefficient (Wildman–Crippen LogP) is 8.08. The van der Waals surface area contributed by atoms with Gasteiger partial charge in [0.25, 0.3) is 5.78 Å². The molecule has 0 radical (unpaired) electrons. The Balaban J connectivity index is 1.49. The predicted molar refractivity (Wildman–Crippen MR) is 175 cm³/mol. The Hall–Kier alpha value is -3.86. The average molecular weight is 650 g/mol. The van der Waals surface area contributed by atoms with Crippen LogP contribution in [0.1, 0.15) is 55.8 Å². The van der Waals surface area contributed by atoms with Crippen LogP contribution in [0.4, 0.5) is 5.13 Å². The molecular formula is C33H32ClN3O5S2. The van der Waals surface area contributed by atoms with Crippen molar-refractivity contribution in [3.63, 3.8) is 0 Å². The van der Waals surface area contributed by atoms with Gasteiger partial charge in [-0.25, -0.2) is 0 Å². The molecule has 5 rings (SSSR count). The minimum absolute atomic E-state index is 0.0302. The number of aliphatic hydroxyl groups excluding tert-OH is 1. The molecule has 2 heterocycles. The third-order valence-electron chi connectivity index (χ3n) is 6.92. The molecule has 4 aromatic rings. The lowest BCUT2D eigenvalue weighted by molar-refractivity contribution is -0.132. The van der Waals surface area contributed by atoms with E-state index in [1.165, 1.54) is 28.0 Å². The van der Waals surface area contributed by atoms with E-state index in [0.29, 0.717) is 51.0 Å². The van der Waals surface area contributed by atoms with Gasteiger partial charge in [0.05, 0.1) is 24.8 Å². The fourth-order valence-electron chi connectivity index (χ4n) is 4.62. The molecule has 1 fully saturated rings. The normalized spacial score (nSPS) is 16.0. The third-order valence-corrected chi connectivity index (χ3v) is 9.39. The molecule has 0 aliphatic carbocycles. The van der Waals surface area contributed by atoms with E-state index in [1.807, 2.05) is 31.2 Å². The van der Waals surface area contributed by atoms with Gasteiger partial charge in [0, 0.05) is 16.3 Å². The summed E-state index contributed by atoms with van der Waals surface area (Å²) in [4.78, 5) is 28.5. The molecule has 1 aliphatic rings. The monoisotopic (exact) mass is 649 g/mol. The summed E-state index contributed by atoms with van der Waals surface area (Å²) in [5.41, 5.74) is 1.93. The van der Waals surface area contributed by atoms with E-state index in [9.17, 15) is 14.7 Å². The smallest absolute Gasteiger partial charge is 0.301 e. The van der Waals surface area contributed by atoms with Gasteiger partial charge in [0.15, 0.2) is 4.34 Å². The van der Waals surface area contributed by atoms with Crippen LogP contribution in [0.3, 0.4) is 0 Å². The molecule has 44 heavy (non-hydrogen) atoms. The maximum absolute atomic E-state index is 13.6. The summed E-state index contributed by atoms with van der Waals surface area (Å²) in [7, 11) is 0. The number of carbonyl (C=O) groups excluding carboxylic acids is 2. The number of hydrogen-bond donors (Lipinski definition) is 1. The van der Waals surface area contributed by atoms with Crippen LogP contribution in [-0.4, -0.2) is 40.2 Å². The molecule has 1 saturated heterocycles. The highest BCUT2D eigenvalue weighted by Crippen LogP contribution is 2.44. The van der Waals surface area contributed by atoms with Gasteiger partial charge >= 0.3 is 5.91 Å². The van der Waals surface area contributed by atoms with Crippen molar-refractivity contribution in [2.45, 2.75) is 49.2 Å². The largest absolute Gasteiger partial charge is 0.507 e. The van der Waals surface area contributed by atoms with Gasteiger partial charge < -0.3 is 14.6 Å². The Morgan fingerprint density at radius 3 is 2.30 bits per heavy atom. The minimum atomic E-state index is -0.926. The van der Waals surface area contributed by atoms with Crippen LogP contribution in [0, 0.1) is 0 Å². The highest BCUT2D eigenvalue weighted by Gasteiger charge is 2.48. The molecule has 1 aliphatic heterocycles. The number of rotatable bonds is 13. The molecule has 3 aromatic carbocycles. The van der Waals surface area contributed by atoms with Crippen LogP contribution in [0.2, 0.25) is 5.02 Å². The molecule has 1 amide bonds. The van der Waals surface area contributed by atoms with Crippen LogP contribution in [0.5, 0.6) is 11.5 Å². The number of nitrogens with zero attached hydrogens (tertiary/aromatic N) is 3. The molecule has 11 heteroatoms. The van der Waals surface area contributed by atoms with Crippen molar-refractivity contribution < 1.29 is 24.2 Å². The van der Waals surface area contributed by atoms with E-state index in [4.69, 9.17) is 21.1 Å². The Morgan fingerprint density at radius 1 is 0.932 bits per heavy atom. The molecule has 1 aromatic heterocycles. The molecule has 228 valence electrons. The number of halogens is 1. The summed E-state index contributed by atoms with van der Waals surface area (Å²) in [6.07, 6.45) is 2.80. The van der Waals surface area contributed by atoms with Crippen molar-refractivity contribution in [1.29, 1.82) is 0 Å². The molecule has 1 atom stereocenters. The maximum atomic E-state index is 13.6. The zero-order valence-electron chi connectivity index (χ0n) is 24.4. The summed E-state index contributed by atoms with van der Waals surface area (Å²) in [5.74, 6) is 0.0167. The van der Waals surface area contributed by atoms with E-state index in [-0.39, 0.29) is 16.5 Å². The Kier molecular flexibility index (Phi) is 10.6. The first-order chi connectivity index (χ1) is 21.4. The number of Topliss-reactive ketones (excluding diaryl/α,β-unsaturated/α-hetero) is 1. The number of ketones is 1. The number of aromatic nitrogens is 2. The van der Waals surface area contributed by atoms with E-state index in [1.54, 1.807) is 48.5 Å². The van der Waals surface area contributed by atoms with Gasteiger partial charge in [0.2, 0.25) is 5.13 Å². The first kappa shape index (κ1) is 31.6. The highest BCUT2D eigenvalue weighted by molar-refractivity contribution is 8.00. The zero-order valence-corrected chi connectivity index (χ0v) is 26.8. The van der Waals surface area contributed by atoms with Crippen molar-refractivity contribution in [2.75, 3.05) is 18.1 Å². The number of hydrogen-bond acceptors (Lipinski definition) is 9. The number of aliphatic hydroxyl groups is 1. The molecule has 1 N–H and O–H groups in total. The summed E-state index contributed by atoms with van der Waals surface area (Å²) in [5, 5.41) is 21.0. The quantitative estimate of drug-likeness (QED) is 0.0387. The summed E-state index contributed by atoms with van der Waals surface area (Å²) >= 11 is 8.95. The summed E-state index contributed by atoms with van der Waals surface area (Å²) in [6.45, 7) is 5.26. The Labute approximate surface area is 269 Å². The number of thioether (sulfide) groups is 1. The van der Waals surface area contributed by atoms with E-state index < -0.39 is 17.7 Å². The van der Waals surface area contributed by atoms with Crippen molar-refractivity contribution in [3.05, 3.63) is 100 Å². The standard InChI is InChI=1S/C33H32ClN3O5S2/c1-3-5-19-42-25-16-12-22(13-17-25)29(38)27-28(21-10-14-24(15-11-21)41-18-4-2)37(31(40)30(27)39)32-35-36-33(44-32)43-20-23-8-6-7-9-26(23)34/h6-17,28,38H,3-5,18-20H2,1-2H3/t28-/m0/s1. The molecule has 0 saturated carbocycles. The third kappa shape index (κ3) is 7.09. The molecule has 0 unspecified atom stereocenters. The number of benzene rings is 3. The van der Waals surface area contributed by atoms with Gasteiger partial charge in [-0.3, -0.25) is 14.5 Å². The van der Waals surface area contributed by atoms with Crippen LogP contribution < -0.4 is 14.4 Å². The second-order valence-corrected chi connectivity index (χ2v) is 12.6. The van der Waals surface area contributed by atoms with E-state index in [2.05, 4.69) is 17.1 Å². The molecule has 0 spiro atoms. The van der Waals surface area contributed by atoms with Crippen molar-refractivity contribution in [2.24, 2.45) is 0 Å². The Bertz CT molecular complexity index is 1640. The first-order valence-corrected chi connectivity index (χ1v) is 16.6. The van der Waals surface area contributed by atoms with Gasteiger partial charge in [-0.2, -0.15) is 0 Å². The SMILES string of the molecule is CCCCOc1ccc(C(O)=C2C(=O)C(=O)N(c3nnc(SCc4ccccc4Cl)s3)[C@H]2c2ccc(OCCC)cc2)cc1. The molecular weight excluding hydrogens is 618 g/mol. The topological polar surface area (TPSA) is 102 Å². The van der Waals surface area contributed by atoms with Crippen molar-refractivity contribution >= 4 is 57.3 Å². The lowest BCUT2D eigenvalue weighted by atomic mass is 9.95.